The zero-order valence-electron chi connectivity index (χ0n) is 15.0. The standard InChI is InChI=1S/C17H30N4OS.HI/c1-4-18-16(19-10-8-15-20-11-13(2)23-15)21-12-17(3)9-6-5-7-14(17)22;/h11,14,22H,4-10,12H2,1-3H3,(H2,18,19,21);1H. The number of aliphatic hydroxyl groups is 1. The van der Waals surface area contributed by atoms with Crippen LogP contribution in [0.2, 0.25) is 0 Å². The maximum absolute atomic E-state index is 10.3. The van der Waals surface area contributed by atoms with Crippen LogP contribution < -0.4 is 10.6 Å². The minimum absolute atomic E-state index is 0. The van der Waals surface area contributed by atoms with E-state index >= 15 is 0 Å². The van der Waals surface area contributed by atoms with Gasteiger partial charge in [-0.15, -0.1) is 35.3 Å². The fourth-order valence-electron chi connectivity index (χ4n) is 2.97. The van der Waals surface area contributed by atoms with Crippen molar-refractivity contribution in [3.63, 3.8) is 0 Å². The fourth-order valence-corrected chi connectivity index (χ4v) is 3.76. The van der Waals surface area contributed by atoms with Crippen LogP contribution in [0.3, 0.4) is 0 Å². The Labute approximate surface area is 166 Å². The van der Waals surface area contributed by atoms with Gasteiger partial charge in [-0.3, -0.25) is 4.99 Å². The van der Waals surface area contributed by atoms with Crippen LogP contribution in [0.1, 0.15) is 49.4 Å². The summed E-state index contributed by atoms with van der Waals surface area (Å²) in [7, 11) is 0. The Hall–Kier alpha value is -0.410. The van der Waals surface area contributed by atoms with Gasteiger partial charge in [0.15, 0.2) is 5.96 Å². The molecule has 1 fully saturated rings. The number of hydrogen-bond acceptors (Lipinski definition) is 4. The van der Waals surface area contributed by atoms with Gasteiger partial charge >= 0.3 is 0 Å². The van der Waals surface area contributed by atoms with E-state index in [2.05, 4.69) is 36.4 Å². The lowest BCUT2D eigenvalue weighted by molar-refractivity contribution is 0.00716. The lowest BCUT2D eigenvalue weighted by Gasteiger charge is -2.37. The third kappa shape index (κ3) is 6.48. The Morgan fingerprint density at radius 2 is 2.25 bits per heavy atom. The molecule has 0 radical (unpaired) electrons. The minimum Gasteiger partial charge on any atom is -0.392 e. The molecule has 3 N–H and O–H groups in total. The Morgan fingerprint density at radius 1 is 1.46 bits per heavy atom. The Bertz CT molecular complexity index is 522. The predicted molar refractivity (Wildman–Crippen MR) is 113 cm³/mol. The molecule has 0 saturated heterocycles. The van der Waals surface area contributed by atoms with E-state index in [9.17, 15) is 5.11 Å². The van der Waals surface area contributed by atoms with Crippen LogP contribution in [0.5, 0.6) is 0 Å². The lowest BCUT2D eigenvalue weighted by Crippen LogP contribution is -2.42. The van der Waals surface area contributed by atoms with Gasteiger partial charge in [-0.1, -0.05) is 19.8 Å². The highest BCUT2D eigenvalue weighted by Crippen LogP contribution is 2.36. The molecule has 5 nitrogen and oxygen atoms in total. The van der Waals surface area contributed by atoms with Gasteiger partial charge < -0.3 is 15.7 Å². The van der Waals surface area contributed by atoms with Crippen LogP contribution in [0.25, 0.3) is 0 Å². The van der Waals surface area contributed by atoms with E-state index in [1.165, 1.54) is 11.3 Å². The fraction of sp³-hybridized carbons (Fsp3) is 0.765. The summed E-state index contributed by atoms with van der Waals surface area (Å²) >= 11 is 1.74. The summed E-state index contributed by atoms with van der Waals surface area (Å²) in [5.41, 5.74) is -0.0903. The highest BCUT2D eigenvalue weighted by molar-refractivity contribution is 14.0. The van der Waals surface area contributed by atoms with E-state index in [4.69, 9.17) is 4.99 Å². The van der Waals surface area contributed by atoms with Gasteiger partial charge in [-0.2, -0.15) is 0 Å². The SMILES string of the molecule is CCNC(=NCC1(C)CCCCC1O)NCCc1ncc(C)s1.I. The molecule has 1 aliphatic carbocycles. The van der Waals surface area contributed by atoms with Crippen molar-refractivity contribution in [2.45, 2.75) is 59.0 Å². The smallest absolute Gasteiger partial charge is 0.191 e. The van der Waals surface area contributed by atoms with Crippen molar-refractivity contribution in [3.8, 4) is 0 Å². The Kier molecular flexibility index (Phi) is 9.51. The number of aliphatic hydroxyl groups excluding tert-OH is 1. The molecule has 0 aromatic carbocycles. The molecule has 0 aliphatic heterocycles. The minimum atomic E-state index is -0.235. The first-order valence-electron chi connectivity index (χ1n) is 8.65. The number of thiazole rings is 1. The maximum Gasteiger partial charge on any atom is 0.191 e. The van der Waals surface area contributed by atoms with E-state index in [1.54, 1.807) is 11.3 Å². The predicted octanol–water partition coefficient (Wildman–Crippen LogP) is 3.11. The summed E-state index contributed by atoms with van der Waals surface area (Å²) in [5, 5.41) is 18.1. The van der Waals surface area contributed by atoms with E-state index < -0.39 is 0 Å². The number of nitrogens with zero attached hydrogens (tertiary/aromatic N) is 2. The molecule has 2 atom stereocenters. The molecular weight excluding hydrogens is 435 g/mol. The Morgan fingerprint density at radius 3 is 2.88 bits per heavy atom. The van der Waals surface area contributed by atoms with E-state index in [-0.39, 0.29) is 35.5 Å². The summed E-state index contributed by atoms with van der Waals surface area (Å²) in [4.78, 5) is 10.3. The molecule has 1 heterocycles. The van der Waals surface area contributed by atoms with Crippen LogP contribution in [0.15, 0.2) is 11.2 Å². The number of aliphatic imine (C=N–C) groups is 1. The van der Waals surface area contributed by atoms with Crippen LogP contribution in [-0.2, 0) is 6.42 Å². The molecule has 1 aromatic heterocycles. The number of aromatic nitrogens is 1. The van der Waals surface area contributed by atoms with Gasteiger partial charge in [0.2, 0.25) is 0 Å². The second kappa shape index (κ2) is 10.6. The summed E-state index contributed by atoms with van der Waals surface area (Å²) in [6, 6.07) is 0. The topological polar surface area (TPSA) is 69.5 Å². The molecule has 7 heteroatoms. The van der Waals surface area contributed by atoms with Gasteiger partial charge in [-0.05, 0) is 26.7 Å². The lowest BCUT2D eigenvalue weighted by atomic mass is 9.73. The molecule has 0 spiro atoms. The molecule has 1 aromatic rings. The number of guanidine groups is 1. The molecule has 2 rings (SSSR count). The van der Waals surface area contributed by atoms with Crippen LogP contribution in [0.4, 0.5) is 0 Å². The zero-order valence-corrected chi connectivity index (χ0v) is 18.1. The first kappa shape index (κ1) is 21.6. The first-order valence-corrected chi connectivity index (χ1v) is 9.47. The summed E-state index contributed by atoms with van der Waals surface area (Å²) < 4.78 is 0. The van der Waals surface area contributed by atoms with E-state index in [1.807, 2.05) is 6.20 Å². The third-order valence-corrected chi connectivity index (χ3v) is 5.50. The van der Waals surface area contributed by atoms with Crippen molar-refractivity contribution in [1.29, 1.82) is 0 Å². The number of halogens is 1. The van der Waals surface area contributed by atoms with Gasteiger partial charge in [0.25, 0.3) is 0 Å². The second-order valence-electron chi connectivity index (χ2n) is 6.65. The van der Waals surface area contributed by atoms with Crippen molar-refractivity contribution in [2.24, 2.45) is 10.4 Å². The highest BCUT2D eigenvalue weighted by Gasteiger charge is 2.35. The normalized spacial score (nSPS) is 24.3. The number of rotatable bonds is 6. The maximum atomic E-state index is 10.3. The third-order valence-electron chi connectivity index (χ3n) is 4.52. The first-order chi connectivity index (χ1) is 11.0. The van der Waals surface area contributed by atoms with Gasteiger partial charge in [-0.25, -0.2) is 4.98 Å². The molecule has 1 aliphatic rings. The van der Waals surface area contributed by atoms with Crippen molar-refractivity contribution in [1.82, 2.24) is 15.6 Å². The molecule has 2 unspecified atom stereocenters. The summed E-state index contributed by atoms with van der Waals surface area (Å²) in [5.74, 6) is 0.833. The molecule has 0 amide bonds. The van der Waals surface area contributed by atoms with Crippen molar-refractivity contribution in [3.05, 3.63) is 16.1 Å². The summed E-state index contributed by atoms with van der Waals surface area (Å²) in [6.45, 7) is 8.62. The zero-order chi connectivity index (χ0) is 16.7. The monoisotopic (exact) mass is 466 g/mol. The van der Waals surface area contributed by atoms with Crippen molar-refractivity contribution in [2.75, 3.05) is 19.6 Å². The molecule has 1 saturated carbocycles. The molecular formula is C17H31IN4OS. The number of nitrogens with one attached hydrogen (secondary N) is 2. The van der Waals surface area contributed by atoms with Crippen molar-refractivity contribution < 1.29 is 5.11 Å². The van der Waals surface area contributed by atoms with Gasteiger partial charge in [0, 0.05) is 36.0 Å². The summed E-state index contributed by atoms with van der Waals surface area (Å²) in [6.07, 6.45) is 6.87. The van der Waals surface area contributed by atoms with Crippen molar-refractivity contribution >= 4 is 41.3 Å². The van der Waals surface area contributed by atoms with Gasteiger partial charge in [0.1, 0.15) is 0 Å². The Balaban J connectivity index is 0.00000288. The average Bonchev–Trinajstić information content (AvgIpc) is 2.94. The average molecular weight is 466 g/mol. The van der Waals surface area contributed by atoms with Crippen LogP contribution in [0, 0.1) is 12.3 Å². The second-order valence-corrected chi connectivity index (χ2v) is 7.97. The molecule has 138 valence electrons. The quantitative estimate of drug-likeness (QED) is 0.343. The molecule has 0 bridgehead atoms. The molecule has 24 heavy (non-hydrogen) atoms. The number of aryl methyl sites for hydroxylation is 1. The number of hydrogen-bond donors (Lipinski definition) is 3. The van der Waals surface area contributed by atoms with Crippen LogP contribution >= 0.6 is 35.3 Å². The van der Waals surface area contributed by atoms with Gasteiger partial charge in [0.05, 0.1) is 17.7 Å². The largest absolute Gasteiger partial charge is 0.392 e. The van der Waals surface area contributed by atoms with Crippen LogP contribution in [-0.4, -0.2) is 41.8 Å². The van der Waals surface area contributed by atoms with E-state index in [0.29, 0.717) is 6.54 Å². The van der Waals surface area contributed by atoms with E-state index in [0.717, 1.165) is 49.7 Å². The highest BCUT2D eigenvalue weighted by atomic mass is 127.